The Kier molecular flexibility index (Phi) is 5.38. The van der Waals surface area contributed by atoms with E-state index in [1.54, 1.807) is 41.4 Å². The molecule has 4 rings (SSSR count). The molecule has 3 heterocycles. The van der Waals surface area contributed by atoms with Gasteiger partial charge in [0.2, 0.25) is 0 Å². The first kappa shape index (κ1) is 19.2. The first-order valence-corrected chi connectivity index (χ1v) is 9.70. The maximum Gasteiger partial charge on any atom is 0.262 e. The Bertz CT molecular complexity index is 1200. The van der Waals surface area contributed by atoms with Crippen molar-refractivity contribution in [2.45, 2.75) is 19.4 Å². The summed E-state index contributed by atoms with van der Waals surface area (Å²) in [5.74, 6) is 0.471. The summed E-state index contributed by atoms with van der Waals surface area (Å²) in [5.41, 5.74) is 2.39. The quantitative estimate of drug-likeness (QED) is 0.539. The van der Waals surface area contributed by atoms with Crippen molar-refractivity contribution < 1.29 is 5.11 Å². The van der Waals surface area contributed by atoms with Crippen LogP contribution in [0, 0.1) is 0 Å². The minimum Gasteiger partial charge on any atom is -0.394 e. The molecule has 0 fully saturated rings. The molecule has 3 aromatic heterocycles. The number of aliphatic hydroxyl groups excluding tert-OH is 1. The van der Waals surface area contributed by atoms with Crippen molar-refractivity contribution in [2.75, 3.05) is 6.61 Å². The van der Waals surface area contributed by atoms with Crippen LogP contribution in [0.3, 0.4) is 0 Å². The van der Waals surface area contributed by atoms with E-state index in [4.69, 9.17) is 16.6 Å². The number of rotatable bonds is 5. The van der Waals surface area contributed by atoms with Crippen molar-refractivity contribution >= 4 is 22.5 Å². The van der Waals surface area contributed by atoms with Gasteiger partial charge in [0.05, 0.1) is 23.7 Å². The molecule has 0 aliphatic rings. The van der Waals surface area contributed by atoms with Gasteiger partial charge in [-0.1, -0.05) is 18.5 Å². The molecule has 0 spiro atoms. The standard InChI is InChI=1S/C22H19ClN4O2/c1-2-17(13-28)27-21(14-5-7-16(23)8-6-14)26-20-18(22(27)29)9-11-25-19(20)15-4-3-10-24-12-15/h3-12,17,28H,2,13H2,1H3. The van der Waals surface area contributed by atoms with Gasteiger partial charge in [-0.25, -0.2) is 4.98 Å². The summed E-state index contributed by atoms with van der Waals surface area (Å²) >= 11 is 6.04. The van der Waals surface area contributed by atoms with Gasteiger partial charge >= 0.3 is 0 Å². The Balaban J connectivity index is 2.09. The first-order valence-electron chi connectivity index (χ1n) is 9.32. The van der Waals surface area contributed by atoms with Gasteiger partial charge in [-0.2, -0.15) is 0 Å². The van der Waals surface area contributed by atoms with Crippen molar-refractivity contribution in [3.63, 3.8) is 0 Å². The van der Waals surface area contributed by atoms with Gasteiger partial charge in [0.25, 0.3) is 5.56 Å². The molecule has 1 unspecified atom stereocenters. The van der Waals surface area contributed by atoms with E-state index in [1.165, 1.54) is 0 Å². The van der Waals surface area contributed by atoms with Crippen LogP contribution in [0.15, 0.2) is 65.8 Å². The lowest BCUT2D eigenvalue weighted by molar-refractivity contribution is 0.222. The summed E-state index contributed by atoms with van der Waals surface area (Å²) in [6, 6.07) is 12.1. The molecule has 4 aromatic rings. The number of hydrogen-bond acceptors (Lipinski definition) is 5. The summed E-state index contributed by atoms with van der Waals surface area (Å²) in [6.45, 7) is 1.77. The maximum absolute atomic E-state index is 13.5. The van der Waals surface area contributed by atoms with Crippen LogP contribution in [0.25, 0.3) is 33.5 Å². The molecule has 0 bridgehead atoms. The Morgan fingerprint density at radius 2 is 1.90 bits per heavy atom. The third-order valence-electron chi connectivity index (χ3n) is 4.90. The Labute approximate surface area is 172 Å². The molecule has 1 aromatic carbocycles. The number of nitrogens with zero attached hydrogens (tertiary/aromatic N) is 4. The highest BCUT2D eigenvalue weighted by molar-refractivity contribution is 6.30. The molecule has 0 amide bonds. The monoisotopic (exact) mass is 406 g/mol. The predicted octanol–water partition coefficient (Wildman–Crippen LogP) is 4.12. The lowest BCUT2D eigenvalue weighted by Gasteiger charge is -2.21. The van der Waals surface area contributed by atoms with Crippen molar-refractivity contribution in [1.82, 2.24) is 19.5 Å². The van der Waals surface area contributed by atoms with Crippen LogP contribution in [0.5, 0.6) is 0 Å². The second-order valence-electron chi connectivity index (χ2n) is 6.66. The van der Waals surface area contributed by atoms with Gasteiger partial charge in [0, 0.05) is 34.7 Å². The van der Waals surface area contributed by atoms with Crippen molar-refractivity contribution in [2.24, 2.45) is 0 Å². The fourth-order valence-electron chi connectivity index (χ4n) is 3.37. The van der Waals surface area contributed by atoms with E-state index < -0.39 is 0 Å². The molecule has 0 radical (unpaired) electrons. The highest BCUT2D eigenvalue weighted by atomic mass is 35.5. The van der Waals surface area contributed by atoms with Crippen LogP contribution in [0.2, 0.25) is 5.02 Å². The maximum atomic E-state index is 13.5. The predicted molar refractivity (Wildman–Crippen MR) is 114 cm³/mol. The number of fused-ring (bicyclic) bond motifs is 1. The largest absolute Gasteiger partial charge is 0.394 e. The number of benzene rings is 1. The first-order chi connectivity index (χ1) is 14.1. The fraction of sp³-hybridized carbons (Fsp3) is 0.182. The fourth-order valence-corrected chi connectivity index (χ4v) is 3.50. The zero-order valence-electron chi connectivity index (χ0n) is 15.8. The average Bonchev–Trinajstić information content (AvgIpc) is 2.76. The number of aromatic nitrogens is 4. The van der Waals surface area contributed by atoms with E-state index in [-0.39, 0.29) is 18.2 Å². The van der Waals surface area contributed by atoms with Gasteiger partial charge < -0.3 is 5.11 Å². The SMILES string of the molecule is CCC(CO)n1c(-c2ccc(Cl)cc2)nc2c(-c3cccnc3)nccc2c1=O. The molecule has 6 nitrogen and oxygen atoms in total. The van der Waals surface area contributed by atoms with Crippen LogP contribution in [0.1, 0.15) is 19.4 Å². The lowest BCUT2D eigenvalue weighted by Crippen LogP contribution is -2.29. The molecule has 1 N–H and O–H groups in total. The normalized spacial score (nSPS) is 12.2. The Morgan fingerprint density at radius 1 is 1.10 bits per heavy atom. The zero-order chi connectivity index (χ0) is 20.4. The number of pyridine rings is 2. The summed E-state index contributed by atoms with van der Waals surface area (Å²) in [6.07, 6.45) is 5.56. The Hall–Kier alpha value is -3.09. The molecule has 1 atom stereocenters. The molecular formula is C22H19ClN4O2. The Morgan fingerprint density at radius 3 is 2.55 bits per heavy atom. The van der Waals surface area contributed by atoms with E-state index in [2.05, 4.69) is 9.97 Å². The summed E-state index contributed by atoms with van der Waals surface area (Å²) in [4.78, 5) is 26.9. The van der Waals surface area contributed by atoms with Gasteiger partial charge in [0.15, 0.2) is 0 Å². The highest BCUT2D eigenvalue weighted by Crippen LogP contribution is 2.28. The van der Waals surface area contributed by atoms with Gasteiger partial charge in [-0.15, -0.1) is 0 Å². The molecule has 7 heteroatoms. The second kappa shape index (κ2) is 8.11. The van der Waals surface area contributed by atoms with Crippen molar-refractivity contribution in [3.8, 4) is 22.6 Å². The molecular weight excluding hydrogens is 388 g/mol. The topological polar surface area (TPSA) is 80.9 Å². The van der Waals surface area contributed by atoms with E-state index in [9.17, 15) is 9.90 Å². The third-order valence-corrected chi connectivity index (χ3v) is 5.16. The van der Waals surface area contributed by atoms with E-state index in [0.717, 1.165) is 11.1 Å². The molecule has 0 saturated heterocycles. The van der Waals surface area contributed by atoms with Crippen LogP contribution in [-0.4, -0.2) is 31.2 Å². The van der Waals surface area contributed by atoms with E-state index in [1.807, 2.05) is 31.2 Å². The van der Waals surface area contributed by atoms with E-state index >= 15 is 0 Å². The summed E-state index contributed by atoms with van der Waals surface area (Å²) in [7, 11) is 0. The summed E-state index contributed by atoms with van der Waals surface area (Å²) in [5, 5.41) is 10.9. The number of aliphatic hydroxyl groups is 1. The lowest BCUT2D eigenvalue weighted by atomic mass is 10.1. The van der Waals surface area contributed by atoms with Crippen molar-refractivity contribution in [3.05, 3.63) is 76.4 Å². The zero-order valence-corrected chi connectivity index (χ0v) is 16.5. The van der Waals surface area contributed by atoms with Crippen LogP contribution in [0.4, 0.5) is 0 Å². The minimum atomic E-state index is -0.389. The summed E-state index contributed by atoms with van der Waals surface area (Å²) < 4.78 is 1.57. The molecule has 29 heavy (non-hydrogen) atoms. The second-order valence-corrected chi connectivity index (χ2v) is 7.10. The molecule has 0 saturated carbocycles. The van der Waals surface area contributed by atoms with Crippen molar-refractivity contribution in [1.29, 1.82) is 0 Å². The average molecular weight is 407 g/mol. The van der Waals surface area contributed by atoms with Crippen LogP contribution >= 0.6 is 11.6 Å². The molecule has 0 aliphatic heterocycles. The smallest absolute Gasteiger partial charge is 0.262 e. The van der Waals surface area contributed by atoms with E-state index in [0.29, 0.717) is 33.9 Å². The molecule has 0 aliphatic carbocycles. The van der Waals surface area contributed by atoms with Gasteiger partial charge in [-0.3, -0.25) is 19.3 Å². The minimum absolute atomic E-state index is 0.162. The highest BCUT2D eigenvalue weighted by Gasteiger charge is 2.21. The van der Waals surface area contributed by atoms with Crippen LogP contribution < -0.4 is 5.56 Å². The van der Waals surface area contributed by atoms with Gasteiger partial charge in [0.1, 0.15) is 11.3 Å². The number of hydrogen-bond donors (Lipinski definition) is 1. The third kappa shape index (κ3) is 3.52. The van der Waals surface area contributed by atoms with Crippen LogP contribution in [-0.2, 0) is 0 Å². The van der Waals surface area contributed by atoms with Gasteiger partial charge in [-0.05, 0) is 48.9 Å². The number of halogens is 1. The molecule has 146 valence electrons.